The van der Waals surface area contributed by atoms with Gasteiger partial charge in [-0.1, -0.05) is 0 Å². The number of rotatable bonds is 3. The van der Waals surface area contributed by atoms with Gasteiger partial charge in [0.25, 0.3) is 0 Å². The summed E-state index contributed by atoms with van der Waals surface area (Å²) in [5.41, 5.74) is 6.41. The van der Waals surface area contributed by atoms with Crippen molar-refractivity contribution in [2.45, 2.75) is 6.92 Å². The molecule has 0 bridgehead atoms. The van der Waals surface area contributed by atoms with E-state index in [4.69, 9.17) is 15.7 Å². The summed E-state index contributed by atoms with van der Waals surface area (Å²) in [5.74, 6) is -0.290. The quantitative estimate of drug-likeness (QED) is 0.686. The molecule has 5 heteroatoms. The second-order valence-electron chi connectivity index (χ2n) is 4.17. The first kappa shape index (κ1) is 13.6. The molecule has 0 aromatic heterocycles. The summed E-state index contributed by atoms with van der Waals surface area (Å²) in [5, 5.41) is 8.96. The summed E-state index contributed by atoms with van der Waals surface area (Å²) >= 11 is 0. The third-order valence-corrected chi connectivity index (χ3v) is 2.66. The van der Waals surface area contributed by atoms with Crippen LogP contribution in [-0.4, -0.2) is 5.78 Å². The number of hydrogen-bond donors (Lipinski definition) is 1. The average Bonchev–Trinajstić information content (AvgIpc) is 2.42. The Morgan fingerprint density at radius 2 is 1.95 bits per heavy atom. The molecule has 0 aliphatic rings. The van der Waals surface area contributed by atoms with Gasteiger partial charge in [0.1, 0.15) is 23.4 Å². The van der Waals surface area contributed by atoms with Crippen LogP contribution in [0.15, 0.2) is 36.4 Å². The molecule has 0 radical (unpaired) electrons. The SMILES string of the molecule is CC(=O)c1cc(N)ccc1Oc1ccc(F)cc1C#N. The van der Waals surface area contributed by atoms with Crippen LogP contribution in [0.25, 0.3) is 0 Å². The van der Waals surface area contributed by atoms with E-state index < -0.39 is 5.82 Å². The van der Waals surface area contributed by atoms with E-state index in [0.717, 1.165) is 6.07 Å². The van der Waals surface area contributed by atoms with Crippen LogP contribution >= 0.6 is 0 Å². The number of Topliss-reactive ketones (excluding diaryl/α,β-unsaturated/α-hetero) is 1. The van der Waals surface area contributed by atoms with Crippen molar-refractivity contribution in [3.8, 4) is 17.6 Å². The molecule has 4 nitrogen and oxygen atoms in total. The normalized spacial score (nSPS) is 9.85. The van der Waals surface area contributed by atoms with Crippen molar-refractivity contribution in [3.05, 3.63) is 53.3 Å². The van der Waals surface area contributed by atoms with E-state index >= 15 is 0 Å². The van der Waals surface area contributed by atoms with Gasteiger partial charge in [-0.3, -0.25) is 4.79 Å². The number of ether oxygens (including phenoxy) is 1. The number of ketones is 1. The lowest BCUT2D eigenvalue weighted by molar-refractivity contribution is 0.101. The number of benzene rings is 2. The minimum absolute atomic E-state index is 0.0522. The number of carbonyl (C=O) groups excluding carboxylic acids is 1. The predicted octanol–water partition coefficient (Wildman–Crippen LogP) is 3.27. The molecular weight excluding hydrogens is 259 g/mol. The van der Waals surface area contributed by atoms with E-state index in [9.17, 15) is 9.18 Å². The lowest BCUT2D eigenvalue weighted by Crippen LogP contribution is -2.00. The number of hydrogen-bond acceptors (Lipinski definition) is 4. The topological polar surface area (TPSA) is 76.1 Å². The fraction of sp³-hybridized carbons (Fsp3) is 0.0667. The maximum atomic E-state index is 13.1. The summed E-state index contributed by atoms with van der Waals surface area (Å²) in [4.78, 5) is 11.6. The third-order valence-electron chi connectivity index (χ3n) is 2.66. The van der Waals surface area contributed by atoms with Gasteiger partial charge < -0.3 is 10.5 Å². The molecule has 0 heterocycles. The Bertz CT molecular complexity index is 720. The highest BCUT2D eigenvalue weighted by molar-refractivity contribution is 5.97. The van der Waals surface area contributed by atoms with Crippen LogP contribution in [0, 0.1) is 17.1 Å². The second kappa shape index (κ2) is 5.41. The summed E-state index contributed by atoms with van der Waals surface area (Å²) in [6.45, 7) is 1.39. The standard InChI is InChI=1S/C15H11FN2O2/c1-9(19)13-7-12(18)3-5-15(13)20-14-4-2-11(16)6-10(14)8-17/h2-7H,18H2,1H3. The lowest BCUT2D eigenvalue weighted by atomic mass is 10.1. The van der Waals surface area contributed by atoms with E-state index in [-0.39, 0.29) is 22.8 Å². The fourth-order valence-electron chi connectivity index (χ4n) is 1.71. The molecule has 100 valence electrons. The van der Waals surface area contributed by atoms with E-state index in [1.54, 1.807) is 6.07 Å². The Balaban J connectivity index is 2.45. The van der Waals surface area contributed by atoms with Gasteiger partial charge in [-0.15, -0.1) is 0 Å². The minimum Gasteiger partial charge on any atom is -0.455 e. The summed E-state index contributed by atoms with van der Waals surface area (Å²) in [6.07, 6.45) is 0. The van der Waals surface area contributed by atoms with Gasteiger partial charge in [-0.2, -0.15) is 5.26 Å². The fourth-order valence-corrected chi connectivity index (χ4v) is 1.71. The van der Waals surface area contributed by atoms with Crippen molar-refractivity contribution < 1.29 is 13.9 Å². The third kappa shape index (κ3) is 2.75. The van der Waals surface area contributed by atoms with Crippen LogP contribution < -0.4 is 10.5 Å². The van der Waals surface area contributed by atoms with Gasteiger partial charge in [0, 0.05) is 5.69 Å². The first-order valence-electron chi connectivity index (χ1n) is 5.79. The number of halogens is 1. The van der Waals surface area contributed by atoms with Crippen molar-refractivity contribution in [2.75, 3.05) is 5.73 Å². The number of nitrogen functional groups attached to an aromatic ring is 1. The van der Waals surface area contributed by atoms with Gasteiger partial charge in [0.15, 0.2) is 5.78 Å². The van der Waals surface area contributed by atoms with E-state index in [0.29, 0.717) is 11.3 Å². The highest BCUT2D eigenvalue weighted by Crippen LogP contribution is 2.30. The lowest BCUT2D eigenvalue weighted by Gasteiger charge is -2.11. The molecule has 0 saturated heterocycles. The molecule has 20 heavy (non-hydrogen) atoms. The van der Waals surface area contributed by atoms with Crippen molar-refractivity contribution in [1.82, 2.24) is 0 Å². The monoisotopic (exact) mass is 270 g/mol. The Labute approximate surface area is 115 Å². The van der Waals surface area contributed by atoms with Gasteiger partial charge >= 0.3 is 0 Å². The molecule has 0 unspecified atom stereocenters. The van der Waals surface area contributed by atoms with E-state index in [1.807, 2.05) is 6.07 Å². The Morgan fingerprint density at radius 1 is 1.25 bits per heavy atom. The van der Waals surface area contributed by atoms with Crippen LogP contribution in [-0.2, 0) is 0 Å². The predicted molar refractivity (Wildman–Crippen MR) is 72.0 cm³/mol. The van der Waals surface area contributed by atoms with Crippen LogP contribution in [0.2, 0.25) is 0 Å². The number of nitriles is 1. The highest BCUT2D eigenvalue weighted by Gasteiger charge is 2.12. The highest BCUT2D eigenvalue weighted by atomic mass is 19.1. The number of nitrogens with two attached hydrogens (primary N) is 1. The first-order valence-corrected chi connectivity index (χ1v) is 5.79. The molecule has 0 saturated carbocycles. The Hall–Kier alpha value is -2.87. The summed E-state index contributed by atoms with van der Waals surface area (Å²) in [6, 6.07) is 10.0. The molecule has 2 aromatic carbocycles. The minimum atomic E-state index is -0.530. The maximum Gasteiger partial charge on any atom is 0.163 e. The molecule has 0 fully saturated rings. The number of nitrogens with zero attached hydrogens (tertiary/aromatic N) is 1. The van der Waals surface area contributed by atoms with Crippen molar-refractivity contribution in [1.29, 1.82) is 5.26 Å². The Kier molecular flexibility index (Phi) is 3.67. The molecule has 0 amide bonds. The van der Waals surface area contributed by atoms with Gasteiger partial charge in [-0.05, 0) is 43.3 Å². The summed E-state index contributed by atoms with van der Waals surface area (Å²) in [7, 11) is 0. The van der Waals surface area contributed by atoms with E-state index in [2.05, 4.69) is 0 Å². The summed E-state index contributed by atoms with van der Waals surface area (Å²) < 4.78 is 18.6. The average molecular weight is 270 g/mol. The molecule has 0 aliphatic carbocycles. The Morgan fingerprint density at radius 3 is 2.60 bits per heavy atom. The van der Waals surface area contributed by atoms with Crippen molar-refractivity contribution >= 4 is 11.5 Å². The van der Waals surface area contributed by atoms with Crippen LogP contribution in [0.3, 0.4) is 0 Å². The number of anilines is 1. The smallest absolute Gasteiger partial charge is 0.163 e. The zero-order valence-electron chi connectivity index (χ0n) is 10.7. The van der Waals surface area contributed by atoms with Crippen LogP contribution in [0.4, 0.5) is 10.1 Å². The van der Waals surface area contributed by atoms with Crippen LogP contribution in [0.5, 0.6) is 11.5 Å². The maximum absolute atomic E-state index is 13.1. The van der Waals surface area contributed by atoms with Gasteiger partial charge in [0.2, 0.25) is 0 Å². The largest absolute Gasteiger partial charge is 0.455 e. The number of carbonyl (C=O) groups is 1. The molecule has 0 atom stereocenters. The molecular formula is C15H11FN2O2. The van der Waals surface area contributed by atoms with Crippen LogP contribution in [0.1, 0.15) is 22.8 Å². The van der Waals surface area contributed by atoms with Crippen molar-refractivity contribution in [3.63, 3.8) is 0 Å². The zero-order chi connectivity index (χ0) is 14.7. The van der Waals surface area contributed by atoms with Gasteiger partial charge in [0.05, 0.1) is 11.1 Å². The second-order valence-corrected chi connectivity index (χ2v) is 4.17. The molecule has 2 aromatic rings. The molecule has 2 rings (SSSR count). The zero-order valence-corrected chi connectivity index (χ0v) is 10.7. The van der Waals surface area contributed by atoms with Crippen molar-refractivity contribution in [2.24, 2.45) is 0 Å². The van der Waals surface area contributed by atoms with E-state index in [1.165, 1.54) is 31.2 Å². The molecule has 2 N–H and O–H groups in total. The molecule has 0 spiro atoms. The van der Waals surface area contributed by atoms with Gasteiger partial charge in [-0.25, -0.2) is 4.39 Å². The first-order chi connectivity index (χ1) is 9.51. The molecule has 0 aliphatic heterocycles.